The summed E-state index contributed by atoms with van der Waals surface area (Å²) in [5, 5.41) is 2.82. The zero-order valence-corrected chi connectivity index (χ0v) is 16.5. The van der Waals surface area contributed by atoms with E-state index in [4.69, 9.17) is 0 Å². The van der Waals surface area contributed by atoms with Gasteiger partial charge < -0.3 is 5.32 Å². The molecule has 1 aromatic carbocycles. The summed E-state index contributed by atoms with van der Waals surface area (Å²) >= 11 is 0. The zero-order chi connectivity index (χ0) is 20.7. The average molecular weight is 401 g/mol. The van der Waals surface area contributed by atoms with Crippen molar-refractivity contribution in [1.82, 2.24) is 9.88 Å². The molecule has 1 saturated carbocycles. The second kappa shape index (κ2) is 7.52. The molecule has 1 aromatic heterocycles. The molecule has 30 heavy (non-hydrogen) atoms. The Bertz CT molecular complexity index is 973. The lowest BCUT2D eigenvalue weighted by molar-refractivity contribution is -0.143. The highest BCUT2D eigenvalue weighted by Gasteiger charge is 2.58. The van der Waals surface area contributed by atoms with Gasteiger partial charge in [0.25, 0.3) is 0 Å². The highest BCUT2D eigenvalue weighted by Crippen LogP contribution is 2.51. The quantitative estimate of drug-likeness (QED) is 0.616. The molecule has 6 rings (SSSR count). The number of allylic oxidation sites excluding steroid dienone is 2. The highest BCUT2D eigenvalue weighted by molar-refractivity contribution is 6.07. The fourth-order valence-corrected chi connectivity index (χ4v) is 5.26. The van der Waals surface area contributed by atoms with Gasteiger partial charge in [0.15, 0.2) is 0 Å². The number of hydrogen-bond donors (Lipinski definition) is 1. The van der Waals surface area contributed by atoms with Crippen LogP contribution in [0.25, 0.3) is 0 Å². The van der Waals surface area contributed by atoms with Crippen LogP contribution in [0.3, 0.4) is 0 Å². The van der Waals surface area contributed by atoms with Crippen molar-refractivity contribution in [1.29, 1.82) is 0 Å². The third-order valence-corrected chi connectivity index (χ3v) is 6.61. The van der Waals surface area contributed by atoms with Crippen molar-refractivity contribution >= 4 is 23.4 Å². The maximum atomic E-state index is 13.4. The van der Waals surface area contributed by atoms with Crippen LogP contribution in [-0.2, 0) is 14.4 Å². The van der Waals surface area contributed by atoms with Gasteiger partial charge in [0.05, 0.1) is 36.2 Å². The maximum Gasteiger partial charge on any atom is 0.234 e. The molecule has 6 heteroatoms. The van der Waals surface area contributed by atoms with Crippen LogP contribution in [-0.4, -0.2) is 27.6 Å². The molecule has 1 saturated heterocycles. The number of fused-ring (bicyclic) bond motifs is 1. The Morgan fingerprint density at radius 2 is 1.67 bits per heavy atom. The number of likely N-dealkylation sites (tertiary alicyclic amines) is 1. The summed E-state index contributed by atoms with van der Waals surface area (Å²) in [7, 11) is 0. The molecule has 0 spiro atoms. The number of hydrogen-bond acceptors (Lipinski definition) is 4. The molecule has 5 atom stereocenters. The molecule has 1 N–H and O–H groups in total. The lowest BCUT2D eigenvalue weighted by Crippen LogP contribution is -2.38. The molecule has 3 aliphatic carbocycles. The maximum absolute atomic E-state index is 13.4. The van der Waals surface area contributed by atoms with Crippen molar-refractivity contribution in [3.8, 4) is 0 Å². The van der Waals surface area contributed by atoms with Crippen molar-refractivity contribution in [3.05, 3.63) is 72.6 Å². The average Bonchev–Trinajstić information content (AvgIpc) is 3.07. The van der Waals surface area contributed by atoms with Crippen molar-refractivity contribution < 1.29 is 14.4 Å². The molecule has 2 bridgehead atoms. The number of benzene rings is 1. The fourth-order valence-electron chi connectivity index (χ4n) is 5.26. The van der Waals surface area contributed by atoms with Crippen LogP contribution in [0.4, 0.5) is 5.69 Å². The van der Waals surface area contributed by atoms with Gasteiger partial charge in [-0.1, -0.05) is 42.5 Å². The Hall–Kier alpha value is -3.28. The summed E-state index contributed by atoms with van der Waals surface area (Å²) in [5.74, 6) is -0.834. The number of amides is 3. The van der Waals surface area contributed by atoms with Crippen LogP contribution in [0.1, 0.15) is 30.9 Å². The molecule has 5 unspecified atom stereocenters. The highest BCUT2D eigenvalue weighted by atomic mass is 16.2. The van der Waals surface area contributed by atoms with E-state index in [2.05, 4.69) is 22.5 Å². The third kappa shape index (κ3) is 3.12. The van der Waals surface area contributed by atoms with Gasteiger partial charge in [0.1, 0.15) is 0 Å². The Balaban J connectivity index is 1.45. The zero-order valence-electron chi connectivity index (χ0n) is 16.5. The molecule has 2 aromatic rings. The molecule has 0 radical (unpaired) electrons. The molecule has 3 amide bonds. The molecule has 4 aliphatic rings. The van der Waals surface area contributed by atoms with Gasteiger partial charge in [0, 0.05) is 6.20 Å². The normalized spacial score (nSPS) is 27.8. The minimum Gasteiger partial charge on any atom is -0.325 e. The molecule has 2 heterocycles. The molecule has 2 fully saturated rings. The predicted octanol–water partition coefficient (Wildman–Crippen LogP) is 3.35. The van der Waals surface area contributed by atoms with E-state index in [0.717, 1.165) is 18.4 Å². The Kier molecular flexibility index (Phi) is 4.69. The topological polar surface area (TPSA) is 79.4 Å². The number of nitrogens with one attached hydrogen (secondary N) is 1. The number of nitrogens with zero attached hydrogens (tertiary/aromatic N) is 2. The molecule has 152 valence electrons. The molecule has 1 aliphatic heterocycles. The SMILES string of the molecule is O=C(CC(c1ccccc1)N1C(=O)C2C3C=CC(CC3)C2C1=O)Nc1cccnc1. The van der Waals surface area contributed by atoms with E-state index in [-0.39, 0.29) is 47.8 Å². The number of carbonyl (C=O) groups is 3. The lowest BCUT2D eigenvalue weighted by atomic mass is 9.63. The van der Waals surface area contributed by atoms with Gasteiger partial charge in [0.2, 0.25) is 17.7 Å². The first-order valence-electron chi connectivity index (χ1n) is 10.4. The van der Waals surface area contributed by atoms with E-state index in [0.29, 0.717) is 5.69 Å². The lowest BCUT2D eigenvalue weighted by Gasteiger charge is -2.38. The summed E-state index contributed by atoms with van der Waals surface area (Å²) in [6.45, 7) is 0. The first-order chi connectivity index (χ1) is 14.6. The number of imide groups is 1. The van der Waals surface area contributed by atoms with E-state index in [9.17, 15) is 14.4 Å². The molecule has 6 nitrogen and oxygen atoms in total. The van der Waals surface area contributed by atoms with Gasteiger partial charge >= 0.3 is 0 Å². The smallest absolute Gasteiger partial charge is 0.234 e. The van der Waals surface area contributed by atoms with Crippen LogP contribution in [0.2, 0.25) is 0 Å². The van der Waals surface area contributed by atoms with Gasteiger partial charge in [-0.05, 0) is 42.4 Å². The second-order valence-corrected chi connectivity index (χ2v) is 8.31. The van der Waals surface area contributed by atoms with Crippen LogP contribution < -0.4 is 5.32 Å². The van der Waals surface area contributed by atoms with Crippen molar-refractivity contribution in [2.24, 2.45) is 23.7 Å². The predicted molar refractivity (Wildman–Crippen MR) is 111 cm³/mol. The standard InChI is InChI=1S/C24H23N3O3/c28-20(26-18-7-4-12-25-14-18)13-19(15-5-2-1-3-6-15)27-23(29)21-16-8-9-17(11-10-16)22(21)24(27)30/h1-9,12,14,16-17,19,21-22H,10-11,13H2,(H,26,28). The summed E-state index contributed by atoms with van der Waals surface area (Å²) in [6.07, 6.45) is 9.33. The minimum atomic E-state index is -0.618. The van der Waals surface area contributed by atoms with Gasteiger partial charge in [-0.2, -0.15) is 0 Å². The van der Waals surface area contributed by atoms with Gasteiger partial charge in [-0.15, -0.1) is 0 Å². The Labute approximate surface area is 175 Å². The van der Waals surface area contributed by atoms with Crippen molar-refractivity contribution in [2.75, 3.05) is 5.32 Å². The number of carbonyl (C=O) groups excluding carboxylic acids is 3. The first kappa shape index (κ1) is 18.7. The van der Waals surface area contributed by atoms with Crippen molar-refractivity contribution in [3.63, 3.8) is 0 Å². The number of rotatable bonds is 5. The molecular formula is C24H23N3O3. The number of aromatic nitrogens is 1. The third-order valence-electron chi connectivity index (χ3n) is 6.61. The van der Waals surface area contributed by atoms with Crippen molar-refractivity contribution in [2.45, 2.75) is 25.3 Å². The summed E-state index contributed by atoms with van der Waals surface area (Å²) in [5.41, 5.74) is 1.38. The summed E-state index contributed by atoms with van der Waals surface area (Å²) in [6, 6.07) is 12.2. The van der Waals surface area contributed by atoms with E-state index in [1.54, 1.807) is 24.5 Å². The molecular weight excluding hydrogens is 378 g/mol. The van der Waals surface area contributed by atoms with Crippen LogP contribution >= 0.6 is 0 Å². The fraction of sp³-hybridized carbons (Fsp3) is 0.333. The van der Waals surface area contributed by atoms with Crippen LogP contribution in [0.5, 0.6) is 0 Å². The number of pyridine rings is 1. The van der Waals surface area contributed by atoms with Crippen LogP contribution in [0, 0.1) is 23.7 Å². The Morgan fingerprint density at radius 1 is 1.00 bits per heavy atom. The van der Waals surface area contributed by atoms with E-state index >= 15 is 0 Å². The first-order valence-corrected chi connectivity index (χ1v) is 10.4. The number of anilines is 1. The minimum absolute atomic E-state index is 0.0125. The largest absolute Gasteiger partial charge is 0.325 e. The van der Waals surface area contributed by atoms with E-state index in [1.807, 2.05) is 30.3 Å². The van der Waals surface area contributed by atoms with Gasteiger partial charge in [-0.3, -0.25) is 24.3 Å². The van der Waals surface area contributed by atoms with Crippen LogP contribution in [0.15, 0.2) is 67.0 Å². The summed E-state index contributed by atoms with van der Waals surface area (Å²) in [4.78, 5) is 45.1. The Morgan fingerprint density at radius 3 is 2.23 bits per heavy atom. The van der Waals surface area contributed by atoms with E-state index < -0.39 is 6.04 Å². The summed E-state index contributed by atoms with van der Waals surface area (Å²) < 4.78 is 0. The van der Waals surface area contributed by atoms with Gasteiger partial charge in [-0.25, -0.2) is 0 Å². The van der Waals surface area contributed by atoms with E-state index in [1.165, 1.54) is 4.90 Å². The monoisotopic (exact) mass is 401 g/mol. The second-order valence-electron chi connectivity index (χ2n) is 8.31.